The highest BCUT2D eigenvalue weighted by Crippen LogP contribution is 2.29. The van der Waals surface area contributed by atoms with Crippen molar-refractivity contribution in [3.63, 3.8) is 0 Å². The minimum absolute atomic E-state index is 0. The van der Waals surface area contributed by atoms with Crippen LogP contribution in [0.25, 0.3) is 0 Å². The van der Waals surface area contributed by atoms with Crippen LogP contribution in [0, 0.1) is 11.7 Å². The van der Waals surface area contributed by atoms with E-state index in [1.165, 1.54) is 11.1 Å². The predicted molar refractivity (Wildman–Crippen MR) is 104 cm³/mol. The number of carbonyl (C=O) groups is 1. The number of nitrogens with one attached hydrogen (secondary N) is 2. The van der Waals surface area contributed by atoms with Crippen LogP contribution >= 0.6 is 12.4 Å². The summed E-state index contributed by atoms with van der Waals surface area (Å²) < 4.78 is 14.6. The van der Waals surface area contributed by atoms with E-state index >= 15 is 0 Å². The lowest BCUT2D eigenvalue weighted by Crippen LogP contribution is -2.26. The number of carbonyl (C=O) groups excluding carboxylic acids is 1. The lowest BCUT2D eigenvalue weighted by molar-refractivity contribution is -0.117. The first-order chi connectivity index (χ1) is 12.2. The molecule has 5 heteroatoms. The molecule has 4 rings (SSSR count). The molecule has 0 radical (unpaired) electrons. The molecule has 1 amide bonds. The largest absolute Gasteiger partial charge is 0.324 e. The average molecular weight is 375 g/mol. The molecule has 1 heterocycles. The Kier molecular flexibility index (Phi) is 5.94. The molecule has 1 atom stereocenters. The highest BCUT2D eigenvalue weighted by molar-refractivity contribution is 5.91. The summed E-state index contributed by atoms with van der Waals surface area (Å²) in [5, 5.41) is 6.03. The fraction of sp³-hybridized carbons (Fsp3) is 0.381. The second-order valence-corrected chi connectivity index (χ2v) is 7.12. The highest BCUT2D eigenvalue weighted by Gasteiger charge is 2.22. The summed E-state index contributed by atoms with van der Waals surface area (Å²) in [4.78, 5) is 12.4. The Morgan fingerprint density at radius 3 is 2.77 bits per heavy atom. The zero-order valence-corrected chi connectivity index (χ0v) is 15.5. The molecule has 26 heavy (non-hydrogen) atoms. The standard InChI is InChI=1S/C21H23FN2O.ClH/c22-21-18-9-10-23-13-17(18)7-8-19(21)24-20(25)12-14-5-6-15-3-1-2-4-16(15)11-14;/h1-4,7-8,14,23H,5-6,9-13H2,(H,24,25);1H. The normalized spacial score (nSPS) is 18.3. The maximum atomic E-state index is 14.6. The Balaban J connectivity index is 0.00000196. The van der Waals surface area contributed by atoms with E-state index in [4.69, 9.17) is 0 Å². The molecule has 2 aromatic carbocycles. The molecule has 1 aliphatic carbocycles. The Morgan fingerprint density at radius 1 is 1.12 bits per heavy atom. The van der Waals surface area contributed by atoms with E-state index in [0.717, 1.165) is 36.9 Å². The molecule has 138 valence electrons. The first-order valence-electron chi connectivity index (χ1n) is 9.08. The van der Waals surface area contributed by atoms with Crippen LogP contribution in [0.2, 0.25) is 0 Å². The van der Waals surface area contributed by atoms with Crippen LogP contribution in [0.4, 0.5) is 10.1 Å². The smallest absolute Gasteiger partial charge is 0.224 e. The Hall–Kier alpha value is -1.91. The van der Waals surface area contributed by atoms with Crippen molar-refractivity contribution in [3.05, 3.63) is 64.5 Å². The number of aryl methyl sites for hydroxylation is 1. The van der Waals surface area contributed by atoms with Gasteiger partial charge in [0, 0.05) is 13.0 Å². The second-order valence-electron chi connectivity index (χ2n) is 7.12. The fourth-order valence-corrected chi connectivity index (χ4v) is 4.04. The average Bonchev–Trinajstić information content (AvgIpc) is 2.64. The molecule has 0 aromatic heterocycles. The third kappa shape index (κ3) is 3.92. The van der Waals surface area contributed by atoms with Gasteiger partial charge in [-0.25, -0.2) is 4.39 Å². The molecule has 3 nitrogen and oxygen atoms in total. The molecular formula is C21H24ClFN2O. The van der Waals surface area contributed by atoms with Gasteiger partial charge in [0.1, 0.15) is 5.82 Å². The van der Waals surface area contributed by atoms with Crippen molar-refractivity contribution in [2.24, 2.45) is 5.92 Å². The lowest BCUT2D eigenvalue weighted by Gasteiger charge is -2.24. The zero-order valence-electron chi connectivity index (χ0n) is 14.7. The number of amides is 1. The van der Waals surface area contributed by atoms with E-state index in [1.54, 1.807) is 6.07 Å². The van der Waals surface area contributed by atoms with Gasteiger partial charge in [-0.3, -0.25) is 4.79 Å². The monoisotopic (exact) mass is 374 g/mol. The minimum atomic E-state index is -0.263. The molecule has 2 aliphatic rings. The Morgan fingerprint density at radius 2 is 1.92 bits per heavy atom. The SMILES string of the molecule is Cl.O=C(CC1CCc2ccccc2C1)Nc1ccc2c(c1F)CCNC2. The topological polar surface area (TPSA) is 41.1 Å². The second kappa shape index (κ2) is 8.19. The van der Waals surface area contributed by atoms with Gasteiger partial charge in [-0.05, 0) is 66.5 Å². The number of hydrogen-bond donors (Lipinski definition) is 2. The summed E-state index contributed by atoms with van der Waals surface area (Å²) in [5.41, 5.74) is 4.79. The van der Waals surface area contributed by atoms with Crippen LogP contribution in [0.5, 0.6) is 0 Å². The van der Waals surface area contributed by atoms with Gasteiger partial charge in [-0.1, -0.05) is 30.3 Å². The molecule has 2 N–H and O–H groups in total. The quantitative estimate of drug-likeness (QED) is 0.851. The van der Waals surface area contributed by atoms with E-state index in [1.807, 2.05) is 6.07 Å². The van der Waals surface area contributed by atoms with Crippen molar-refractivity contribution in [3.8, 4) is 0 Å². The number of halogens is 2. The molecule has 1 aliphatic heterocycles. The summed E-state index contributed by atoms with van der Waals surface area (Å²) in [6, 6.07) is 12.0. The molecule has 0 saturated heterocycles. The van der Waals surface area contributed by atoms with Crippen LogP contribution in [-0.4, -0.2) is 12.5 Å². The maximum Gasteiger partial charge on any atom is 0.224 e. The van der Waals surface area contributed by atoms with E-state index in [9.17, 15) is 9.18 Å². The van der Waals surface area contributed by atoms with Crippen LogP contribution in [-0.2, 0) is 30.6 Å². The fourth-order valence-electron chi connectivity index (χ4n) is 4.04. The van der Waals surface area contributed by atoms with Crippen LogP contribution in [0.15, 0.2) is 36.4 Å². The van der Waals surface area contributed by atoms with Gasteiger partial charge in [-0.15, -0.1) is 12.4 Å². The van der Waals surface area contributed by atoms with Gasteiger partial charge >= 0.3 is 0 Å². The van der Waals surface area contributed by atoms with E-state index in [-0.39, 0.29) is 24.1 Å². The molecule has 0 spiro atoms. The number of fused-ring (bicyclic) bond motifs is 2. The van der Waals surface area contributed by atoms with Crippen LogP contribution in [0.3, 0.4) is 0 Å². The maximum absolute atomic E-state index is 14.6. The van der Waals surface area contributed by atoms with Crippen molar-refractivity contribution in [1.82, 2.24) is 5.32 Å². The van der Waals surface area contributed by atoms with Gasteiger partial charge < -0.3 is 10.6 Å². The van der Waals surface area contributed by atoms with E-state index in [2.05, 4.69) is 34.9 Å². The third-order valence-electron chi connectivity index (χ3n) is 5.40. The van der Waals surface area contributed by atoms with Gasteiger partial charge in [0.15, 0.2) is 0 Å². The van der Waals surface area contributed by atoms with Gasteiger partial charge in [0.05, 0.1) is 5.69 Å². The summed E-state index contributed by atoms with van der Waals surface area (Å²) in [6.07, 6.45) is 4.09. The van der Waals surface area contributed by atoms with E-state index < -0.39 is 0 Å². The third-order valence-corrected chi connectivity index (χ3v) is 5.40. The number of benzene rings is 2. The molecule has 1 unspecified atom stereocenters. The van der Waals surface area contributed by atoms with Crippen molar-refractivity contribution in [1.29, 1.82) is 0 Å². The Bertz CT molecular complexity index is 809. The molecule has 0 fully saturated rings. The lowest BCUT2D eigenvalue weighted by atomic mass is 9.82. The van der Waals surface area contributed by atoms with Gasteiger partial charge in [0.25, 0.3) is 0 Å². The predicted octanol–water partition coefficient (Wildman–Crippen LogP) is 4.03. The number of hydrogen-bond acceptors (Lipinski definition) is 2. The summed E-state index contributed by atoms with van der Waals surface area (Å²) in [5.74, 6) is -0.0155. The number of rotatable bonds is 3. The summed E-state index contributed by atoms with van der Waals surface area (Å²) >= 11 is 0. The highest BCUT2D eigenvalue weighted by atomic mass is 35.5. The molecule has 2 aromatic rings. The summed E-state index contributed by atoms with van der Waals surface area (Å²) in [7, 11) is 0. The first kappa shape index (κ1) is 18.9. The number of anilines is 1. The van der Waals surface area contributed by atoms with Crippen molar-refractivity contribution < 1.29 is 9.18 Å². The van der Waals surface area contributed by atoms with Crippen LogP contribution < -0.4 is 10.6 Å². The Labute approximate surface area is 159 Å². The molecular weight excluding hydrogens is 351 g/mol. The van der Waals surface area contributed by atoms with Gasteiger partial charge in [-0.2, -0.15) is 0 Å². The first-order valence-corrected chi connectivity index (χ1v) is 9.08. The van der Waals surface area contributed by atoms with Crippen molar-refractivity contribution >= 4 is 24.0 Å². The minimum Gasteiger partial charge on any atom is -0.324 e. The van der Waals surface area contributed by atoms with Crippen molar-refractivity contribution in [2.75, 3.05) is 11.9 Å². The van der Waals surface area contributed by atoms with Crippen LogP contribution in [0.1, 0.15) is 35.1 Å². The van der Waals surface area contributed by atoms with Gasteiger partial charge in [0.2, 0.25) is 5.91 Å². The molecule has 0 bridgehead atoms. The summed E-state index contributed by atoms with van der Waals surface area (Å²) in [6.45, 7) is 1.48. The molecule has 0 saturated carbocycles. The zero-order chi connectivity index (χ0) is 17.2. The van der Waals surface area contributed by atoms with Crippen molar-refractivity contribution in [2.45, 2.75) is 38.6 Å². The van der Waals surface area contributed by atoms with E-state index in [0.29, 0.717) is 31.0 Å².